The zero-order valence-electron chi connectivity index (χ0n) is 31.5. The number of piperidine rings is 2. The van der Waals surface area contributed by atoms with Crippen molar-refractivity contribution in [3.05, 3.63) is 64.9 Å². The first-order chi connectivity index (χ1) is 26.6. The van der Waals surface area contributed by atoms with Gasteiger partial charge in [-0.15, -0.1) is 0 Å². The van der Waals surface area contributed by atoms with Crippen molar-refractivity contribution < 1.29 is 23.5 Å². The number of likely N-dealkylation sites (tertiary alicyclic amines) is 1. The van der Waals surface area contributed by atoms with Crippen molar-refractivity contribution in [1.29, 1.82) is 0 Å². The highest BCUT2D eigenvalue weighted by atomic mass is 19.3. The van der Waals surface area contributed by atoms with Crippen LogP contribution >= 0.6 is 0 Å². The highest BCUT2D eigenvalue weighted by molar-refractivity contribution is 5.86. The summed E-state index contributed by atoms with van der Waals surface area (Å²) in [6, 6.07) is 4.39. The van der Waals surface area contributed by atoms with Crippen molar-refractivity contribution in [2.24, 2.45) is 12.5 Å². The maximum absolute atomic E-state index is 14.7. The van der Waals surface area contributed by atoms with Crippen LogP contribution in [0.15, 0.2) is 36.9 Å². The molecule has 13 nitrogen and oxygen atoms in total. The van der Waals surface area contributed by atoms with Crippen molar-refractivity contribution >= 4 is 29.3 Å². The van der Waals surface area contributed by atoms with Crippen LogP contribution in [0.1, 0.15) is 97.1 Å². The maximum atomic E-state index is 14.7. The van der Waals surface area contributed by atoms with Crippen molar-refractivity contribution in [3.8, 4) is 11.1 Å². The molecule has 5 aliphatic rings. The van der Waals surface area contributed by atoms with Crippen LogP contribution in [0, 0.1) is 5.41 Å². The molecule has 3 aromatic heterocycles. The lowest BCUT2D eigenvalue weighted by atomic mass is 9.60. The molecule has 3 fully saturated rings. The molecule has 1 aromatic carbocycles. The highest BCUT2D eigenvalue weighted by Crippen LogP contribution is 2.56. The Labute approximate surface area is 318 Å². The standard InChI is InChI=1S/C40H48F2N10O3/c1-25(53)50-13-7-34-33(24-50)37(51-10-3-4-26-16-31(28-22-45-47(2)23-28)32(36(41)42)17-35(26)51)46-52(34)30-18-40(19-30)8-14-48(15-9-40)29-5-11-49(12-6-29)39-43-20-27(21-44-39)38(54)55/h16-17,20-23,29-30,36H,3-15,18-19,24H2,1-2H3,(H,54,55). The number of rotatable bonds is 7. The Morgan fingerprint density at radius 2 is 1.69 bits per heavy atom. The van der Waals surface area contributed by atoms with Crippen LogP contribution in [-0.2, 0) is 31.2 Å². The number of aromatic carboxylic acids is 1. The Bertz CT molecular complexity index is 2090. The number of anilines is 3. The van der Waals surface area contributed by atoms with E-state index in [0.29, 0.717) is 48.2 Å². The first-order valence-corrected chi connectivity index (χ1v) is 19.7. The number of hydrogen-bond donors (Lipinski definition) is 1. The van der Waals surface area contributed by atoms with Crippen molar-refractivity contribution in [3.63, 3.8) is 0 Å². The second kappa shape index (κ2) is 14.0. The van der Waals surface area contributed by atoms with Crippen LogP contribution in [-0.4, -0.2) is 102 Å². The normalized spacial score (nSPS) is 20.5. The zero-order chi connectivity index (χ0) is 38.0. The van der Waals surface area contributed by atoms with Gasteiger partial charge < -0.3 is 24.7 Å². The van der Waals surface area contributed by atoms with Gasteiger partial charge in [0.1, 0.15) is 0 Å². The second-order valence-corrected chi connectivity index (χ2v) is 16.3. The average Bonchev–Trinajstić information content (AvgIpc) is 3.79. The minimum atomic E-state index is -2.64. The van der Waals surface area contributed by atoms with E-state index in [-0.39, 0.29) is 23.1 Å². The van der Waals surface area contributed by atoms with E-state index in [9.17, 15) is 18.4 Å². The molecule has 0 atom stereocenters. The van der Waals surface area contributed by atoms with Crippen LogP contribution in [0.4, 0.5) is 26.2 Å². The lowest BCUT2D eigenvalue weighted by Gasteiger charge is -2.54. The molecular weight excluding hydrogens is 707 g/mol. The third-order valence-corrected chi connectivity index (χ3v) is 13.1. The number of carboxylic acids is 1. The molecule has 0 bridgehead atoms. The van der Waals surface area contributed by atoms with E-state index in [1.807, 2.05) is 11.0 Å². The Hall–Kier alpha value is -4.92. The number of halogens is 2. The molecule has 7 heterocycles. The predicted molar refractivity (Wildman–Crippen MR) is 202 cm³/mol. The largest absolute Gasteiger partial charge is 0.478 e. The number of fused-ring (bicyclic) bond motifs is 2. The van der Waals surface area contributed by atoms with Gasteiger partial charge in [0.05, 0.1) is 24.3 Å². The molecule has 0 unspecified atom stereocenters. The summed E-state index contributed by atoms with van der Waals surface area (Å²) < 4.78 is 33.2. The molecule has 1 aliphatic carbocycles. The van der Waals surface area contributed by atoms with Gasteiger partial charge in [-0.3, -0.25) is 14.2 Å². The third kappa shape index (κ3) is 6.53. The fraction of sp³-hybridized carbons (Fsp3) is 0.550. The smallest absolute Gasteiger partial charge is 0.338 e. The van der Waals surface area contributed by atoms with Gasteiger partial charge in [-0.1, -0.05) is 0 Å². The molecule has 4 aromatic rings. The van der Waals surface area contributed by atoms with Crippen LogP contribution in [0.2, 0.25) is 0 Å². The Morgan fingerprint density at radius 1 is 0.945 bits per heavy atom. The van der Waals surface area contributed by atoms with E-state index < -0.39 is 12.4 Å². The third-order valence-electron chi connectivity index (χ3n) is 13.1. The summed E-state index contributed by atoms with van der Waals surface area (Å²) in [5.41, 5.74) is 5.65. The summed E-state index contributed by atoms with van der Waals surface area (Å²) in [5, 5.41) is 18.8. The van der Waals surface area contributed by atoms with Gasteiger partial charge in [0, 0.05) is 99.3 Å². The number of carboxylic acid groups (broad SMARTS) is 1. The van der Waals surface area contributed by atoms with Gasteiger partial charge in [0.15, 0.2) is 5.82 Å². The molecule has 4 aliphatic heterocycles. The van der Waals surface area contributed by atoms with Crippen LogP contribution in [0.5, 0.6) is 0 Å². The fourth-order valence-electron chi connectivity index (χ4n) is 9.99. The van der Waals surface area contributed by atoms with Gasteiger partial charge in [-0.2, -0.15) is 10.2 Å². The summed E-state index contributed by atoms with van der Waals surface area (Å²) in [6.45, 7) is 7.29. The summed E-state index contributed by atoms with van der Waals surface area (Å²) in [7, 11) is 1.79. The Balaban J connectivity index is 0.907. The van der Waals surface area contributed by atoms with E-state index >= 15 is 0 Å². The fourth-order valence-corrected chi connectivity index (χ4v) is 9.99. The molecule has 15 heteroatoms. The van der Waals surface area contributed by atoms with Gasteiger partial charge in [-0.25, -0.2) is 23.5 Å². The summed E-state index contributed by atoms with van der Waals surface area (Å²) in [4.78, 5) is 41.2. The summed E-state index contributed by atoms with van der Waals surface area (Å²) in [5.74, 6) is 0.416. The number of aryl methyl sites for hydroxylation is 2. The number of nitrogens with zero attached hydrogens (tertiary/aromatic N) is 10. The van der Waals surface area contributed by atoms with Crippen molar-refractivity contribution in [2.45, 2.75) is 89.8 Å². The topological polar surface area (TPSA) is 129 Å². The van der Waals surface area contributed by atoms with Gasteiger partial charge in [-0.05, 0) is 93.1 Å². The number of alkyl halides is 2. The van der Waals surface area contributed by atoms with Crippen molar-refractivity contribution in [2.75, 3.05) is 49.1 Å². The molecule has 1 saturated carbocycles. The van der Waals surface area contributed by atoms with Crippen LogP contribution < -0.4 is 9.80 Å². The molecule has 1 N–H and O–H groups in total. The van der Waals surface area contributed by atoms with Crippen molar-refractivity contribution in [1.82, 2.24) is 39.3 Å². The van der Waals surface area contributed by atoms with E-state index in [1.165, 1.54) is 18.1 Å². The first kappa shape index (κ1) is 35.8. The maximum Gasteiger partial charge on any atom is 0.338 e. The van der Waals surface area contributed by atoms with E-state index in [0.717, 1.165) is 107 Å². The SMILES string of the molecule is CC(=O)N1CCc2c(c(N3CCCc4cc(-c5cnn(C)c5)c(C(F)F)cc43)nn2C2CC3(CCN(C4CCN(c5ncc(C(=O)O)cn5)CC4)CC3)C2)C1. The van der Waals surface area contributed by atoms with E-state index in [2.05, 4.69) is 34.4 Å². The molecule has 9 rings (SSSR count). The van der Waals surface area contributed by atoms with Crippen LogP contribution in [0.3, 0.4) is 0 Å². The zero-order valence-corrected chi connectivity index (χ0v) is 31.5. The van der Waals surface area contributed by atoms with Gasteiger partial charge >= 0.3 is 5.97 Å². The molecule has 1 amide bonds. The van der Waals surface area contributed by atoms with Crippen LogP contribution in [0.25, 0.3) is 11.1 Å². The van der Waals surface area contributed by atoms with E-state index in [1.54, 1.807) is 37.1 Å². The quantitative estimate of drug-likeness (QED) is 0.248. The Morgan fingerprint density at radius 3 is 2.35 bits per heavy atom. The minimum Gasteiger partial charge on any atom is -0.478 e. The first-order valence-electron chi connectivity index (χ1n) is 19.7. The molecular formula is C40H48F2N10O3. The molecule has 0 radical (unpaired) electrons. The van der Waals surface area contributed by atoms with Gasteiger partial charge in [0.25, 0.3) is 6.43 Å². The monoisotopic (exact) mass is 754 g/mol. The number of hydrogen-bond acceptors (Lipinski definition) is 9. The van der Waals surface area contributed by atoms with E-state index in [4.69, 9.17) is 10.2 Å². The number of carbonyl (C=O) groups excluding carboxylic acids is 1. The predicted octanol–water partition coefficient (Wildman–Crippen LogP) is 5.78. The lowest BCUT2D eigenvalue weighted by Crippen LogP contribution is -2.53. The van der Waals surface area contributed by atoms with Gasteiger partial charge in [0.2, 0.25) is 11.9 Å². The molecule has 55 heavy (non-hydrogen) atoms. The average molecular weight is 755 g/mol. The lowest BCUT2D eigenvalue weighted by molar-refractivity contribution is -0.129. The molecule has 2 saturated heterocycles. The minimum absolute atomic E-state index is 0.00330. The molecule has 290 valence electrons. The summed E-state index contributed by atoms with van der Waals surface area (Å²) >= 11 is 0. The Kier molecular flexibility index (Phi) is 9.09. The summed E-state index contributed by atoms with van der Waals surface area (Å²) in [6.07, 6.45) is 12.5. The second-order valence-electron chi connectivity index (χ2n) is 16.3. The molecule has 1 spiro atoms. The number of benzene rings is 1. The number of carbonyl (C=O) groups is 2. The number of amides is 1. The number of aromatic nitrogens is 6. The highest BCUT2D eigenvalue weighted by Gasteiger charge is 2.49.